The van der Waals surface area contributed by atoms with E-state index in [2.05, 4.69) is 27.0 Å². The fraction of sp³-hybridized carbons (Fsp3) is 0.125. The van der Waals surface area contributed by atoms with Crippen molar-refractivity contribution in [2.45, 2.75) is 11.7 Å². The Hall–Kier alpha value is -1.39. The molecule has 20 heavy (non-hydrogen) atoms. The Labute approximate surface area is 130 Å². The molecule has 0 saturated carbocycles. The smallest absolute Gasteiger partial charge is 0.248 e. The summed E-state index contributed by atoms with van der Waals surface area (Å²) in [7, 11) is 0. The van der Waals surface area contributed by atoms with E-state index in [1.807, 2.05) is 48.5 Å². The van der Waals surface area contributed by atoms with Crippen LogP contribution in [-0.2, 0) is 4.79 Å². The predicted molar refractivity (Wildman–Crippen MR) is 87.1 cm³/mol. The van der Waals surface area contributed by atoms with Gasteiger partial charge in [-0.3, -0.25) is 4.79 Å². The molecule has 100 valence electrons. The molecule has 1 amide bonds. The predicted octanol–water partition coefficient (Wildman–Crippen LogP) is 4.60. The molecule has 0 aliphatic carbocycles. The van der Waals surface area contributed by atoms with E-state index in [0.29, 0.717) is 6.42 Å². The zero-order valence-corrected chi connectivity index (χ0v) is 13.0. The van der Waals surface area contributed by atoms with Gasteiger partial charge in [-0.15, -0.1) is 0 Å². The highest BCUT2D eigenvalue weighted by Gasteiger charge is 2.26. The molecule has 3 rings (SSSR count). The molecule has 4 heteroatoms. The van der Waals surface area contributed by atoms with Crippen LogP contribution >= 0.6 is 27.7 Å². The number of hydrogen-bond acceptors (Lipinski definition) is 2. The van der Waals surface area contributed by atoms with Gasteiger partial charge in [0.15, 0.2) is 0 Å². The van der Waals surface area contributed by atoms with Crippen molar-refractivity contribution in [3.05, 3.63) is 70.2 Å². The van der Waals surface area contributed by atoms with Crippen LogP contribution in [0.3, 0.4) is 0 Å². The molecule has 0 unspecified atom stereocenters. The highest BCUT2D eigenvalue weighted by molar-refractivity contribution is 9.10. The molecule has 0 spiro atoms. The molecule has 1 aliphatic heterocycles. The van der Waals surface area contributed by atoms with Crippen LogP contribution in [0, 0.1) is 0 Å². The molecular formula is C16H12BrNOS. The third-order valence-electron chi connectivity index (χ3n) is 3.11. The van der Waals surface area contributed by atoms with Crippen molar-refractivity contribution in [1.82, 2.24) is 0 Å². The fourth-order valence-electron chi connectivity index (χ4n) is 2.14. The van der Waals surface area contributed by atoms with Crippen LogP contribution in [-0.4, -0.2) is 11.0 Å². The minimum atomic E-state index is -0.0524. The van der Waals surface area contributed by atoms with Gasteiger partial charge in [0.05, 0.1) is 0 Å². The number of carbonyl (C=O) groups is 1. The van der Waals surface area contributed by atoms with Crippen molar-refractivity contribution in [3.63, 3.8) is 0 Å². The summed E-state index contributed by atoms with van der Waals surface area (Å²) in [5, 5.41) is 0.924. The Morgan fingerprint density at radius 2 is 1.75 bits per heavy atom. The van der Waals surface area contributed by atoms with Gasteiger partial charge in [0.25, 0.3) is 0 Å². The average molecular weight is 346 g/mol. The van der Waals surface area contributed by atoms with Crippen LogP contribution < -0.4 is 0 Å². The highest BCUT2D eigenvalue weighted by atomic mass is 79.9. The van der Waals surface area contributed by atoms with E-state index in [4.69, 9.17) is 0 Å². The molecule has 1 heterocycles. The third-order valence-corrected chi connectivity index (χ3v) is 5.09. The molecule has 2 aromatic rings. The number of nitrogens with zero attached hydrogens (tertiary/aromatic N) is 1. The van der Waals surface area contributed by atoms with Crippen LogP contribution in [0.5, 0.6) is 0 Å². The summed E-state index contributed by atoms with van der Waals surface area (Å²) in [5.74, 6) is -0.0524. The normalized spacial score (nSPS) is 18.8. The topological polar surface area (TPSA) is 29.4 Å². The molecular weight excluding hydrogens is 334 g/mol. The molecule has 0 N–H and O–H groups in total. The van der Waals surface area contributed by atoms with Crippen LogP contribution in [0.2, 0.25) is 0 Å². The number of hydrogen-bond donors (Lipinski definition) is 0. The Morgan fingerprint density at radius 1 is 1.05 bits per heavy atom. The maximum absolute atomic E-state index is 11.9. The average Bonchev–Trinajstić information content (AvgIpc) is 2.48. The summed E-state index contributed by atoms with van der Waals surface area (Å²) in [6.45, 7) is 0. The third kappa shape index (κ3) is 2.86. The van der Waals surface area contributed by atoms with Gasteiger partial charge < -0.3 is 0 Å². The molecule has 0 saturated heterocycles. The fourth-order valence-corrected chi connectivity index (χ4v) is 4.11. The van der Waals surface area contributed by atoms with Gasteiger partial charge in [0, 0.05) is 21.7 Å². The summed E-state index contributed by atoms with van der Waals surface area (Å²) < 4.78 is 1.04. The van der Waals surface area contributed by atoms with E-state index in [1.54, 1.807) is 11.8 Å². The van der Waals surface area contributed by atoms with Crippen LogP contribution in [0.1, 0.15) is 22.8 Å². The molecule has 0 fully saturated rings. The van der Waals surface area contributed by atoms with E-state index < -0.39 is 0 Å². The molecule has 2 aromatic carbocycles. The maximum atomic E-state index is 11.9. The number of halogens is 1. The quantitative estimate of drug-likeness (QED) is 0.795. The molecule has 1 aliphatic rings. The van der Waals surface area contributed by atoms with Crippen molar-refractivity contribution in [2.24, 2.45) is 4.99 Å². The standard InChI is InChI=1S/C16H12BrNOS/c17-13-9-5-4-8-12(13)14-10-15(19)18-16(20-14)11-6-2-1-3-7-11/h1-9,14H,10H2/t14-/m0/s1. The van der Waals surface area contributed by atoms with Crippen LogP contribution in [0.15, 0.2) is 64.1 Å². The zero-order chi connectivity index (χ0) is 13.9. The van der Waals surface area contributed by atoms with Crippen molar-refractivity contribution >= 4 is 38.6 Å². The lowest BCUT2D eigenvalue weighted by Gasteiger charge is -2.21. The van der Waals surface area contributed by atoms with E-state index in [0.717, 1.165) is 20.6 Å². The van der Waals surface area contributed by atoms with Gasteiger partial charge in [-0.25, -0.2) is 4.99 Å². The van der Waals surface area contributed by atoms with Crippen LogP contribution in [0.4, 0.5) is 0 Å². The number of amides is 1. The Morgan fingerprint density at radius 3 is 2.50 bits per heavy atom. The highest BCUT2D eigenvalue weighted by Crippen LogP contribution is 2.41. The van der Waals surface area contributed by atoms with Gasteiger partial charge >= 0.3 is 0 Å². The van der Waals surface area contributed by atoms with Gasteiger partial charge in [0.2, 0.25) is 5.91 Å². The van der Waals surface area contributed by atoms with Crippen molar-refractivity contribution < 1.29 is 4.79 Å². The van der Waals surface area contributed by atoms with E-state index in [1.165, 1.54) is 0 Å². The monoisotopic (exact) mass is 345 g/mol. The van der Waals surface area contributed by atoms with Crippen molar-refractivity contribution in [2.75, 3.05) is 0 Å². The number of aliphatic imine (C=N–C) groups is 1. The Balaban J connectivity index is 1.93. The van der Waals surface area contributed by atoms with Gasteiger partial charge in [-0.05, 0) is 11.6 Å². The number of thioether (sulfide) groups is 1. The summed E-state index contributed by atoms with van der Waals surface area (Å²) >= 11 is 5.22. The second kappa shape index (κ2) is 5.94. The minimum Gasteiger partial charge on any atom is -0.273 e. The van der Waals surface area contributed by atoms with Crippen LogP contribution in [0.25, 0.3) is 0 Å². The zero-order valence-electron chi connectivity index (χ0n) is 10.6. The largest absolute Gasteiger partial charge is 0.273 e. The summed E-state index contributed by atoms with van der Waals surface area (Å²) in [6, 6.07) is 17.9. The molecule has 0 bridgehead atoms. The lowest BCUT2D eigenvalue weighted by molar-refractivity contribution is -0.117. The first-order chi connectivity index (χ1) is 9.74. The molecule has 0 radical (unpaired) electrons. The van der Waals surface area contributed by atoms with Gasteiger partial charge in [0.1, 0.15) is 5.04 Å². The number of benzene rings is 2. The van der Waals surface area contributed by atoms with E-state index in [-0.39, 0.29) is 11.2 Å². The molecule has 0 aromatic heterocycles. The first kappa shape index (κ1) is 13.6. The molecule has 1 atom stereocenters. The summed E-state index contributed by atoms with van der Waals surface area (Å²) in [4.78, 5) is 16.1. The maximum Gasteiger partial charge on any atom is 0.248 e. The summed E-state index contributed by atoms with van der Waals surface area (Å²) in [5.41, 5.74) is 2.15. The van der Waals surface area contributed by atoms with Gasteiger partial charge in [-0.1, -0.05) is 76.2 Å². The van der Waals surface area contributed by atoms with Gasteiger partial charge in [-0.2, -0.15) is 0 Å². The Bertz CT molecular complexity index is 669. The van der Waals surface area contributed by atoms with E-state index >= 15 is 0 Å². The second-order valence-corrected chi connectivity index (χ2v) is 6.55. The number of rotatable bonds is 2. The summed E-state index contributed by atoms with van der Waals surface area (Å²) in [6.07, 6.45) is 0.448. The first-order valence-corrected chi connectivity index (χ1v) is 7.99. The lowest BCUT2D eigenvalue weighted by Crippen LogP contribution is -2.14. The first-order valence-electron chi connectivity index (χ1n) is 6.32. The van der Waals surface area contributed by atoms with E-state index in [9.17, 15) is 4.79 Å². The van der Waals surface area contributed by atoms with Crippen molar-refractivity contribution in [1.29, 1.82) is 0 Å². The van der Waals surface area contributed by atoms with Crippen molar-refractivity contribution in [3.8, 4) is 0 Å². The minimum absolute atomic E-state index is 0.0524. The SMILES string of the molecule is O=C1C[C@@H](c2ccccc2Br)SC(c2ccccc2)=N1. The lowest BCUT2D eigenvalue weighted by atomic mass is 10.1. The molecule has 2 nitrogen and oxygen atoms in total. The number of carbonyl (C=O) groups excluding carboxylic acids is 1. The second-order valence-electron chi connectivity index (χ2n) is 4.51. The Kier molecular flexibility index (Phi) is 4.03.